The van der Waals surface area contributed by atoms with E-state index in [-0.39, 0.29) is 25.2 Å². The highest BCUT2D eigenvalue weighted by atomic mass is 16.6. The molecule has 0 heterocycles. The van der Waals surface area contributed by atoms with Crippen LogP contribution in [0, 0.1) is 0 Å². The van der Waals surface area contributed by atoms with Crippen LogP contribution in [0.3, 0.4) is 0 Å². The Morgan fingerprint density at radius 3 is 1.27 bits per heavy atom. The number of carbonyl (C=O) groups is 2. The molecule has 1 atom stereocenters. The molecule has 0 amide bonds. The van der Waals surface area contributed by atoms with Crippen molar-refractivity contribution >= 4 is 11.9 Å². The second-order valence-electron chi connectivity index (χ2n) is 16.3. The average molecular weight is 835 g/mol. The van der Waals surface area contributed by atoms with Crippen LogP contribution in [-0.2, 0) is 23.8 Å². The van der Waals surface area contributed by atoms with Gasteiger partial charge in [0.25, 0.3) is 0 Å². The van der Waals surface area contributed by atoms with Crippen molar-refractivity contribution in [1.29, 1.82) is 0 Å². The molecule has 0 rings (SSSR count). The van der Waals surface area contributed by atoms with Crippen molar-refractivity contribution in [2.45, 2.75) is 232 Å². The van der Waals surface area contributed by atoms with Gasteiger partial charge in [0, 0.05) is 19.4 Å². The molecule has 0 aliphatic rings. The SMILES string of the molecule is CC/C=C\C/C=C\C/C=C\CCCCCCOCC(COC(=O)CCCCCCCCC/C=C\C/C=C\CCCCC)OC(=O)CCCCCCC/C=C\C/C=C\CCC. The molecule has 0 aliphatic heterocycles. The summed E-state index contributed by atoms with van der Waals surface area (Å²) in [4.78, 5) is 25.4. The molecule has 0 aromatic carbocycles. The van der Waals surface area contributed by atoms with Crippen LogP contribution in [0.25, 0.3) is 0 Å². The average Bonchev–Trinajstić information content (AvgIpc) is 3.25. The Balaban J connectivity index is 4.33. The summed E-state index contributed by atoms with van der Waals surface area (Å²) in [6.07, 6.45) is 65.8. The van der Waals surface area contributed by atoms with Gasteiger partial charge in [0.05, 0.1) is 6.61 Å². The van der Waals surface area contributed by atoms with Gasteiger partial charge >= 0.3 is 11.9 Å². The molecule has 0 aliphatic carbocycles. The maximum atomic E-state index is 12.8. The second kappa shape index (κ2) is 50.4. The van der Waals surface area contributed by atoms with E-state index in [1.807, 2.05) is 0 Å². The number of rotatable bonds is 45. The number of hydrogen-bond acceptors (Lipinski definition) is 5. The van der Waals surface area contributed by atoms with Crippen molar-refractivity contribution in [3.8, 4) is 0 Å². The first-order chi connectivity index (χ1) is 29.6. The molecule has 60 heavy (non-hydrogen) atoms. The summed E-state index contributed by atoms with van der Waals surface area (Å²) in [5.74, 6) is -0.437. The lowest BCUT2D eigenvalue weighted by Gasteiger charge is -2.18. The smallest absolute Gasteiger partial charge is 0.306 e. The molecule has 344 valence electrons. The fourth-order valence-electron chi connectivity index (χ4n) is 6.65. The van der Waals surface area contributed by atoms with Gasteiger partial charge in [0.15, 0.2) is 6.10 Å². The molecular formula is C55H94O5. The summed E-state index contributed by atoms with van der Waals surface area (Å²) in [6.45, 7) is 7.55. The summed E-state index contributed by atoms with van der Waals surface area (Å²) in [7, 11) is 0. The predicted molar refractivity (Wildman–Crippen MR) is 260 cm³/mol. The molecule has 0 aromatic rings. The van der Waals surface area contributed by atoms with Gasteiger partial charge in [-0.1, -0.05) is 189 Å². The molecular weight excluding hydrogens is 741 g/mol. The predicted octanol–water partition coefficient (Wildman–Crippen LogP) is 16.9. The van der Waals surface area contributed by atoms with Crippen LogP contribution >= 0.6 is 0 Å². The van der Waals surface area contributed by atoms with Crippen molar-refractivity contribution < 1.29 is 23.8 Å². The third kappa shape index (κ3) is 47.8. The summed E-state index contributed by atoms with van der Waals surface area (Å²) >= 11 is 0. The molecule has 0 bridgehead atoms. The van der Waals surface area contributed by atoms with Crippen molar-refractivity contribution in [3.63, 3.8) is 0 Å². The van der Waals surface area contributed by atoms with E-state index in [2.05, 4.69) is 106 Å². The Bertz CT molecular complexity index is 1130. The van der Waals surface area contributed by atoms with E-state index in [0.717, 1.165) is 103 Å². The Kier molecular flexibility index (Phi) is 48.0. The van der Waals surface area contributed by atoms with Gasteiger partial charge in [-0.25, -0.2) is 0 Å². The van der Waals surface area contributed by atoms with Gasteiger partial charge in [-0.15, -0.1) is 0 Å². The fraction of sp³-hybridized carbons (Fsp3) is 0.709. The summed E-state index contributed by atoms with van der Waals surface area (Å²) in [6, 6.07) is 0. The van der Waals surface area contributed by atoms with Crippen LogP contribution in [-0.4, -0.2) is 37.9 Å². The zero-order valence-corrected chi connectivity index (χ0v) is 39.5. The van der Waals surface area contributed by atoms with Crippen LogP contribution in [0.15, 0.2) is 85.1 Å². The molecule has 0 aromatic heterocycles. The minimum Gasteiger partial charge on any atom is -0.462 e. The summed E-state index contributed by atoms with van der Waals surface area (Å²) in [5.41, 5.74) is 0. The number of esters is 2. The number of allylic oxidation sites excluding steroid dienone is 14. The molecule has 0 saturated heterocycles. The molecule has 0 N–H and O–H groups in total. The number of hydrogen-bond donors (Lipinski definition) is 0. The van der Waals surface area contributed by atoms with Gasteiger partial charge in [0.2, 0.25) is 0 Å². The van der Waals surface area contributed by atoms with Crippen LogP contribution < -0.4 is 0 Å². The van der Waals surface area contributed by atoms with Crippen LogP contribution in [0.4, 0.5) is 0 Å². The van der Waals surface area contributed by atoms with Gasteiger partial charge in [0.1, 0.15) is 6.61 Å². The van der Waals surface area contributed by atoms with E-state index in [0.29, 0.717) is 19.4 Å². The first-order valence-electron chi connectivity index (χ1n) is 25.1. The topological polar surface area (TPSA) is 61.8 Å². The second-order valence-corrected chi connectivity index (χ2v) is 16.3. The molecule has 0 saturated carbocycles. The molecule has 5 heteroatoms. The van der Waals surface area contributed by atoms with E-state index in [1.165, 1.54) is 89.9 Å². The van der Waals surface area contributed by atoms with E-state index in [1.54, 1.807) is 0 Å². The lowest BCUT2D eigenvalue weighted by molar-refractivity contribution is -0.163. The van der Waals surface area contributed by atoms with Crippen molar-refractivity contribution in [2.24, 2.45) is 0 Å². The Hall–Kier alpha value is -2.92. The minimum absolute atomic E-state index is 0.0626. The van der Waals surface area contributed by atoms with Gasteiger partial charge in [-0.2, -0.15) is 0 Å². The molecule has 0 spiro atoms. The number of ether oxygens (including phenoxy) is 3. The highest BCUT2D eigenvalue weighted by molar-refractivity contribution is 5.70. The van der Waals surface area contributed by atoms with Gasteiger partial charge < -0.3 is 14.2 Å². The van der Waals surface area contributed by atoms with Crippen molar-refractivity contribution in [2.75, 3.05) is 19.8 Å². The van der Waals surface area contributed by atoms with Crippen LogP contribution in [0.2, 0.25) is 0 Å². The van der Waals surface area contributed by atoms with E-state index in [4.69, 9.17) is 14.2 Å². The lowest BCUT2D eigenvalue weighted by Crippen LogP contribution is -2.30. The quantitative estimate of drug-likeness (QED) is 0.0347. The molecule has 0 fully saturated rings. The lowest BCUT2D eigenvalue weighted by atomic mass is 10.1. The van der Waals surface area contributed by atoms with Crippen molar-refractivity contribution in [1.82, 2.24) is 0 Å². The van der Waals surface area contributed by atoms with Crippen molar-refractivity contribution in [3.05, 3.63) is 85.1 Å². The van der Waals surface area contributed by atoms with Crippen LogP contribution in [0.1, 0.15) is 226 Å². The molecule has 0 radical (unpaired) electrons. The third-order valence-corrected chi connectivity index (χ3v) is 10.4. The normalized spacial score (nSPS) is 12.9. The third-order valence-electron chi connectivity index (χ3n) is 10.4. The largest absolute Gasteiger partial charge is 0.462 e. The minimum atomic E-state index is -0.561. The summed E-state index contributed by atoms with van der Waals surface area (Å²) < 4.78 is 17.3. The van der Waals surface area contributed by atoms with E-state index >= 15 is 0 Å². The highest BCUT2D eigenvalue weighted by Gasteiger charge is 2.17. The number of carbonyl (C=O) groups excluding carboxylic acids is 2. The number of unbranched alkanes of at least 4 members (excludes halogenated alkanes) is 20. The Morgan fingerprint density at radius 1 is 0.383 bits per heavy atom. The highest BCUT2D eigenvalue weighted by Crippen LogP contribution is 2.13. The van der Waals surface area contributed by atoms with E-state index in [9.17, 15) is 9.59 Å². The maximum absolute atomic E-state index is 12.8. The molecule has 5 nitrogen and oxygen atoms in total. The monoisotopic (exact) mass is 835 g/mol. The summed E-state index contributed by atoms with van der Waals surface area (Å²) in [5, 5.41) is 0. The van der Waals surface area contributed by atoms with E-state index < -0.39 is 6.10 Å². The Morgan fingerprint density at radius 2 is 0.783 bits per heavy atom. The zero-order valence-electron chi connectivity index (χ0n) is 39.5. The fourth-order valence-corrected chi connectivity index (χ4v) is 6.65. The molecule has 1 unspecified atom stereocenters. The standard InChI is InChI=1S/C55H94O5/c1-4-7-10-13-16-19-22-25-27-28-29-31-33-36-39-42-45-48-54(56)59-52-53(51-58-50-47-44-41-38-35-32-26-23-20-17-14-11-8-5-2)60-55(57)49-46-43-40-37-34-30-24-21-18-15-12-9-6-3/h8,11-12,15-17,19-21,24-27,32,53H,4-7,9-10,13-14,18,22-23,28-31,33-52H2,1-3H3/b11-8-,15-12-,19-16-,20-17-,24-21-,27-25-,32-26-. The zero-order chi connectivity index (χ0) is 43.5. The first kappa shape index (κ1) is 57.1. The first-order valence-corrected chi connectivity index (χ1v) is 25.1. The van der Waals surface area contributed by atoms with Gasteiger partial charge in [-0.05, 0) is 109 Å². The Labute approximate surface area is 371 Å². The van der Waals surface area contributed by atoms with Gasteiger partial charge in [-0.3, -0.25) is 9.59 Å². The maximum Gasteiger partial charge on any atom is 0.306 e. The van der Waals surface area contributed by atoms with Crippen LogP contribution in [0.5, 0.6) is 0 Å².